The number of ether oxygens (including phenoxy) is 2. The number of carbonyl (C=O) groups is 4. The van der Waals surface area contributed by atoms with E-state index in [0.29, 0.717) is 25.9 Å². The van der Waals surface area contributed by atoms with Crippen LogP contribution in [0.4, 0.5) is 4.79 Å². The summed E-state index contributed by atoms with van der Waals surface area (Å²) in [6.45, 7) is 3.72. The molecular weight excluding hydrogens is 486 g/mol. The highest BCUT2D eigenvalue weighted by Gasteiger charge is 2.45. The van der Waals surface area contributed by atoms with E-state index >= 15 is 0 Å². The van der Waals surface area contributed by atoms with Gasteiger partial charge in [0.05, 0.1) is 19.4 Å². The molecule has 9 heteroatoms. The quantitative estimate of drug-likeness (QED) is 0.142. The zero-order chi connectivity index (χ0) is 27.3. The number of urea groups is 1. The van der Waals surface area contributed by atoms with Gasteiger partial charge in [0, 0.05) is 19.3 Å². The molecule has 38 heavy (non-hydrogen) atoms. The fourth-order valence-corrected chi connectivity index (χ4v) is 5.16. The molecule has 1 saturated heterocycles. The average Bonchev–Trinajstić information content (AvgIpc) is 3.13. The van der Waals surface area contributed by atoms with Crippen molar-refractivity contribution in [2.45, 2.75) is 103 Å². The van der Waals surface area contributed by atoms with Gasteiger partial charge in [-0.25, -0.2) is 9.80 Å². The molecule has 3 amide bonds. The molecular formula is C29H41N3O6. The Labute approximate surface area is 225 Å². The summed E-state index contributed by atoms with van der Waals surface area (Å²) in [6, 6.07) is 8.22. The molecule has 0 N–H and O–H groups in total. The Kier molecular flexibility index (Phi) is 11.8. The molecule has 9 nitrogen and oxygen atoms in total. The van der Waals surface area contributed by atoms with Gasteiger partial charge in [0.2, 0.25) is 0 Å². The van der Waals surface area contributed by atoms with E-state index < -0.39 is 18.2 Å². The number of benzene rings is 1. The molecule has 1 aliphatic heterocycles. The molecule has 0 radical (unpaired) electrons. The van der Waals surface area contributed by atoms with Crippen molar-refractivity contribution in [3.63, 3.8) is 0 Å². The number of unbranched alkanes of at least 4 members (excludes halogenated alkanes) is 3. The number of imide groups is 1. The number of esters is 2. The fraction of sp³-hybridized carbons (Fsp3) is 0.621. The second-order valence-corrected chi connectivity index (χ2v) is 10.0. The summed E-state index contributed by atoms with van der Waals surface area (Å²) in [4.78, 5) is 51.3. The predicted molar refractivity (Wildman–Crippen MR) is 143 cm³/mol. The summed E-state index contributed by atoms with van der Waals surface area (Å²) in [5, 5.41) is 5.74. The van der Waals surface area contributed by atoms with Gasteiger partial charge in [0.15, 0.2) is 0 Å². The van der Waals surface area contributed by atoms with Gasteiger partial charge >= 0.3 is 18.0 Å². The molecule has 2 unspecified atom stereocenters. The van der Waals surface area contributed by atoms with Gasteiger partial charge in [0.25, 0.3) is 5.91 Å². The van der Waals surface area contributed by atoms with Gasteiger partial charge in [-0.05, 0) is 38.2 Å². The van der Waals surface area contributed by atoms with Crippen molar-refractivity contribution in [2.24, 2.45) is 11.0 Å². The zero-order valence-electron chi connectivity index (χ0n) is 22.7. The van der Waals surface area contributed by atoms with E-state index in [1.54, 1.807) is 13.1 Å². The van der Waals surface area contributed by atoms with Crippen LogP contribution in [0.5, 0.6) is 0 Å². The van der Waals surface area contributed by atoms with Crippen molar-refractivity contribution >= 4 is 30.1 Å². The third kappa shape index (κ3) is 8.67. The lowest BCUT2D eigenvalue weighted by atomic mass is 9.85. The lowest BCUT2D eigenvalue weighted by Gasteiger charge is -2.27. The average molecular weight is 528 g/mol. The minimum absolute atomic E-state index is 0.156. The van der Waals surface area contributed by atoms with E-state index in [2.05, 4.69) is 5.10 Å². The van der Waals surface area contributed by atoms with Gasteiger partial charge in [-0.1, -0.05) is 68.9 Å². The second kappa shape index (κ2) is 15.2. The van der Waals surface area contributed by atoms with Crippen LogP contribution in [0.3, 0.4) is 0 Å². The van der Waals surface area contributed by atoms with E-state index in [0.717, 1.165) is 56.9 Å². The third-order valence-electron chi connectivity index (χ3n) is 7.12. The second-order valence-electron chi connectivity index (χ2n) is 10.0. The minimum atomic E-state index is -0.711. The number of hydrogen-bond acceptors (Lipinski definition) is 7. The monoisotopic (exact) mass is 527 g/mol. The molecule has 1 saturated carbocycles. The van der Waals surface area contributed by atoms with Crippen LogP contribution >= 0.6 is 0 Å². The maximum atomic E-state index is 13.4. The van der Waals surface area contributed by atoms with Crippen molar-refractivity contribution in [2.75, 3.05) is 6.61 Å². The Balaban J connectivity index is 1.68. The third-order valence-corrected chi connectivity index (χ3v) is 7.12. The molecule has 0 aromatic heterocycles. The number of hydrazone groups is 1. The van der Waals surface area contributed by atoms with Crippen LogP contribution in [0, 0.1) is 5.92 Å². The number of hydrogen-bond donors (Lipinski definition) is 0. The first-order valence-electron chi connectivity index (χ1n) is 14.0. The summed E-state index contributed by atoms with van der Waals surface area (Å²) in [6.07, 6.45) is 10.1. The number of amides is 3. The molecule has 2 aliphatic rings. The van der Waals surface area contributed by atoms with E-state index in [-0.39, 0.29) is 30.3 Å². The molecule has 1 aromatic rings. The smallest absolute Gasteiger partial charge is 0.348 e. The first-order valence-corrected chi connectivity index (χ1v) is 14.0. The van der Waals surface area contributed by atoms with Crippen molar-refractivity contribution < 1.29 is 28.7 Å². The number of nitrogens with zero attached hydrogens (tertiary/aromatic N) is 3. The lowest BCUT2D eigenvalue weighted by molar-refractivity contribution is -0.145. The number of rotatable bonds is 14. The maximum Gasteiger partial charge on any atom is 0.348 e. The standard InChI is InChI=1S/C29H41N3O6/c1-3-37-27(34)19-13-5-4-12-18-25-28(35)31(21-23-14-8-6-9-15-23)29(36)32(25)30-20-26(38-22(2)33)24-16-10-7-11-17-24/h6,8-9,14-15,20,24-26H,3-5,7,10-13,16-19,21H2,1-2H3. The van der Waals surface area contributed by atoms with Crippen molar-refractivity contribution in [3.8, 4) is 0 Å². The highest BCUT2D eigenvalue weighted by molar-refractivity contribution is 6.04. The van der Waals surface area contributed by atoms with Gasteiger partial charge in [-0.15, -0.1) is 0 Å². The molecule has 208 valence electrons. The van der Waals surface area contributed by atoms with Crippen LogP contribution in [-0.4, -0.2) is 58.8 Å². The molecule has 1 aliphatic carbocycles. The Bertz CT molecular complexity index is 960. The zero-order valence-corrected chi connectivity index (χ0v) is 22.7. The van der Waals surface area contributed by atoms with Gasteiger partial charge in [-0.3, -0.25) is 19.3 Å². The highest BCUT2D eigenvalue weighted by atomic mass is 16.5. The Morgan fingerprint density at radius 1 is 1.05 bits per heavy atom. The maximum absolute atomic E-state index is 13.4. The van der Waals surface area contributed by atoms with Crippen LogP contribution in [0.15, 0.2) is 35.4 Å². The summed E-state index contributed by atoms with van der Waals surface area (Å²) in [7, 11) is 0. The fourth-order valence-electron chi connectivity index (χ4n) is 5.16. The first-order chi connectivity index (χ1) is 18.4. The molecule has 1 aromatic carbocycles. The van der Waals surface area contributed by atoms with Crippen LogP contribution in [-0.2, 0) is 30.4 Å². The Morgan fingerprint density at radius 3 is 2.45 bits per heavy atom. The van der Waals surface area contributed by atoms with E-state index in [1.165, 1.54) is 16.8 Å². The summed E-state index contributed by atoms with van der Waals surface area (Å²) >= 11 is 0. The first kappa shape index (κ1) is 29.3. The van der Waals surface area contributed by atoms with Crippen molar-refractivity contribution in [1.29, 1.82) is 0 Å². The Hall–Kier alpha value is -3.23. The van der Waals surface area contributed by atoms with Gasteiger partial charge in [-0.2, -0.15) is 5.10 Å². The molecule has 2 atom stereocenters. The molecule has 0 spiro atoms. The Morgan fingerprint density at radius 2 is 1.76 bits per heavy atom. The largest absolute Gasteiger partial charge is 0.466 e. The minimum Gasteiger partial charge on any atom is -0.466 e. The topological polar surface area (TPSA) is 106 Å². The summed E-state index contributed by atoms with van der Waals surface area (Å²) < 4.78 is 10.5. The normalized spacial score (nSPS) is 19.3. The summed E-state index contributed by atoms with van der Waals surface area (Å²) in [5.74, 6) is -0.699. The van der Waals surface area contributed by atoms with E-state index in [1.807, 2.05) is 30.3 Å². The van der Waals surface area contributed by atoms with E-state index in [9.17, 15) is 19.2 Å². The predicted octanol–water partition coefficient (Wildman–Crippen LogP) is 5.22. The van der Waals surface area contributed by atoms with Crippen LogP contribution in [0.1, 0.15) is 90.0 Å². The molecule has 3 rings (SSSR count). The summed E-state index contributed by atoms with van der Waals surface area (Å²) in [5.41, 5.74) is 0.859. The molecule has 1 heterocycles. The van der Waals surface area contributed by atoms with Crippen LogP contribution in [0.2, 0.25) is 0 Å². The lowest BCUT2D eigenvalue weighted by Crippen LogP contribution is -2.34. The SMILES string of the molecule is CCOC(=O)CCCCCCC1C(=O)N(Cc2ccccc2)C(=O)N1N=CC(OC(C)=O)C1CCCCC1. The highest BCUT2D eigenvalue weighted by Crippen LogP contribution is 2.29. The van der Waals surface area contributed by atoms with E-state index in [4.69, 9.17) is 9.47 Å². The van der Waals surface area contributed by atoms with Gasteiger partial charge in [0.1, 0.15) is 12.1 Å². The number of carbonyl (C=O) groups excluding carboxylic acids is 4. The van der Waals surface area contributed by atoms with Gasteiger partial charge < -0.3 is 9.47 Å². The molecule has 0 bridgehead atoms. The van der Waals surface area contributed by atoms with Crippen LogP contribution < -0.4 is 0 Å². The van der Waals surface area contributed by atoms with Crippen molar-refractivity contribution in [1.82, 2.24) is 9.91 Å². The van der Waals surface area contributed by atoms with Crippen LogP contribution in [0.25, 0.3) is 0 Å². The van der Waals surface area contributed by atoms with Crippen molar-refractivity contribution in [3.05, 3.63) is 35.9 Å². The molecule has 2 fully saturated rings.